The second-order valence-electron chi connectivity index (χ2n) is 4.98. The Bertz CT molecular complexity index is 780. The second kappa shape index (κ2) is 4.23. The van der Waals surface area contributed by atoms with Gasteiger partial charge in [0.05, 0.1) is 11.4 Å². The number of rotatable bonds is 2. The van der Waals surface area contributed by atoms with E-state index in [0.717, 1.165) is 28.3 Å². The summed E-state index contributed by atoms with van der Waals surface area (Å²) in [5.41, 5.74) is 3.10. The van der Waals surface area contributed by atoms with E-state index in [2.05, 4.69) is 32.4 Å². The first-order valence-corrected chi connectivity index (χ1v) is 6.60. The van der Waals surface area contributed by atoms with Gasteiger partial charge in [0, 0.05) is 11.3 Å². The van der Waals surface area contributed by atoms with Crippen molar-refractivity contribution in [3.8, 4) is 5.75 Å². The highest BCUT2D eigenvalue weighted by molar-refractivity contribution is 5.87. The van der Waals surface area contributed by atoms with Crippen LogP contribution < -0.4 is 10.1 Å². The van der Waals surface area contributed by atoms with Crippen LogP contribution in [0.15, 0.2) is 36.7 Å². The van der Waals surface area contributed by atoms with Gasteiger partial charge in [0.2, 0.25) is 0 Å². The topological polar surface area (TPSA) is 62.8 Å². The minimum absolute atomic E-state index is 0.125. The molecule has 0 unspecified atom stereocenters. The summed E-state index contributed by atoms with van der Waals surface area (Å²) >= 11 is 0. The molecule has 1 aliphatic rings. The number of nitrogens with zero attached hydrogens (tertiary/aromatic N) is 2. The van der Waals surface area contributed by atoms with Gasteiger partial charge < -0.3 is 15.0 Å². The Balaban J connectivity index is 1.72. The van der Waals surface area contributed by atoms with Crippen LogP contribution >= 0.6 is 0 Å². The number of aromatic nitrogens is 3. The van der Waals surface area contributed by atoms with Crippen LogP contribution in [0.5, 0.6) is 5.75 Å². The van der Waals surface area contributed by atoms with Crippen LogP contribution in [0, 0.1) is 6.92 Å². The summed E-state index contributed by atoms with van der Waals surface area (Å²) in [6.45, 7) is 2.63. The largest absolute Gasteiger partial charge is 0.491 e. The highest BCUT2D eigenvalue weighted by atomic mass is 16.5. The van der Waals surface area contributed by atoms with Crippen molar-refractivity contribution < 1.29 is 4.74 Å². The Labute approximate surface area is 116 Å². The van der Waals surface area contributed by atoms with E-state index in [0.29, 0.717) is 6.61 Å². The molecule has 4 rings (SSSR count). The number of aryl methyl sites for hydroxylation is 1. The molecule has 2 N–H and O–H groups in total. The van der Waals surface area contributed by atoms with Crippen molar-refractivity contribution in [2.45, 2.75) is 13.0 Å². The lowest BCUT2D eigenvalue weighted by atomic mass is 10.1. The van der Waals surface area contributed by atoms with Gasteiger partial charge in [-0.25, -0.2) is 9.97 Å². The van der Waals surface area contributed by atoms with Gasteiger partial charge in [0.15, 0.2) is 0 Å². The summed E-state index contributed by atoms with van der Waals surface area (Å²) in [5, 5.41) is 4.47. The SMILES string of the molecule is Cc1cc2c(N[C@@H]3COc4ccccc43)ncnc2[nH]1. The van der Waals surface area contributed by atoms with Gasteiger partial charge in [0.1, 0.15) is 30.1 Å². The van der Waals surface area contributed by atoms with Crippen LogP contribution in [-0.4, -0.2) is 21.6 Å². The summed E-state index contributed by atoms with van der Waals surface area (Å²) in [6, 6.07) is 10.3. The molecule has 0 saturated heterocycles. The van der Waals surface area contributed by atoms with Crippen molar-refractivity contribution in [3.05, 3.63) is 47.9 Å². The molecule has 100 valence electrons. The van der Waals surface area contributed by atoms with Crippen LogP contribution in [0.1, 0.15) is 17.3 Å². The van der Waals surface area contributed by atoms with Crippen LogP contribution in [0.4, 0.5) is 5.82 Å². The first-order valence-electron chi connectivity index (χ1n) is 6.60. The lowest BCUT2D eigenvalue weighted by molar-refractivity contribution is 0.339. The Morgan fingerprint density at radius 2 is 2.20 bits per heavy atom. The van der Waals surface area contributed by atoms with Gasteiger partial charge >= 0.3 is 0 Å². The molecule has 0 bridgehead atoms. The molecule has 5 nitrogen and oxygen atoms in total. The van der Waals surface area contributed by atoms with Crippen molar-refractivity contribution in [1.82, 2.24) is 15.0 Å². The molecule has 2 aromatic heterocycles. The molecule has 3 heterocycles. The van der Waals surface area contributed by atoms with Gasteiger partial charge in [-0.15, -0.1) is 0 Å². The number of aromatic amines is 1. The van der Waals surface area contributed by atoms with Crippen LogP contribution in [-0.2, 0) is 0 Å². The highest BCUT2D eigenvalue weighted by Crippen LogP contribution is 2.34. The summed E-state index contributed by atoms with van der Waals surface area (Å²) < 4.78 is 5.69. The normalized spacial score (nSPS) is 16.9. The molecule has 1 atom stereocenters. The Hall–Kier alpha value is -2.56. The molecular weight excluding hydrogens is 252 g/mol. The van der Waals surface area contributed by atoms with Crippen molar-refractivity contribution in [2.24, 2.45) is 0 Å². The summed E-state index contributed by atoms with van der Waals surface area (Å²) in [6.07, 6.45) is 1.57. The molecule has 1 aliphatic heterocycles. The maximum atomic E-state index is 5.69. The predicted octanol–water partition coefficient (Wildman–Crippen LogP) is 2.81. The Morgan fingerprint density at radius 3 is 3.15 bits per heavy atom. The van der Waals surface area contributed by atoms with Gasteiger partial charge in [-0.3, -0.25) is 0 Å². The molecular formula is C15H14N4O. The van der Waals surface area contributed by atoms with Crippen molar-refractivity contribution >= 4 is 16.9 Å². The minimum Gasteiger partial charge on any atom is -0.491 e. The van der Waals surface area contributed by atoms with Crippen molar-refractivity contribution in [2.75, 3.05) is 11.9 Å². The first-order chi connectivity index (χ1) is 9.81. The monoisotopic (exact) mass is 266 g/mol. The number of nitrogens with one attached hydrogen (secondary N) is 2. The number of hydrogen-bond acceptors (Lipinski definition) is 4. The zero-order chi connectivity index (χ0) is 13.5. The third-order valence-corrected chi connectivity index (χ3v) is 3.57. The molecule has 20 heavy (non-hydrogen) atoms. The maximum absolute atomic E-state index is 5.69. The van der Waals surface area contributed by atoms with E-state index in [9.17, 15) is 0 Å². The zero-order valence-corrected chi connectivity index (χ0v) is 11.1. The number of fused-ring (bicyclic) bond motifs is 2. The van der Waals surface area contributed by atoms with Crippen molar-refractivity contribution in [1.29, 1.82) is 0 Å². The number of anilines is 1. The Kier molecular flexibility index (Phi) is 2.39. The summed E-state index contributed by atoms with van der Waals surface area (Å²) in [5.74, 6) is 1.78. The molecule has 0 amide bonds. The average molecular weight is 266 g/mol. The minimum atomic E-state index is 0.125. The Morgan fingerprint density at radius 1 is 1.30 bits per heavy atom. The van der Waals surface area contributed by atoms with Gasteiger partial charge in [-0.1, -0.05) is 18.2 Å². The number of H-pyrrole nitrogens is 1. The van der Waals surface area contributed by atoms with Gasteiger partial charge in [0.25, 0.3) is 0 Å². The van der Waals surface area contributed by atoms with E-state index in [1.54, 1.807) is 6.33 Å². The number of benzene rings is 1. The van der Waals surface area contributed by atoms with Crippen LogP contribution in [0.3, 0.4) is 0 Å². The second-order valence-corrected chi connectivity index (χ2v) is 4.98. The number of ether oxygens (including phenoxy) is 1. The average Bonchev–Trinajstić information content (AvgIpc) is 3.03. The molecule has 0 aliphatic carbocycles. The van der Waals surface area contributed by atoms with E-state index < -0.39 is 0 Å². The molecule has 0 fully saturated rings. The maximum Gasteiger partial charge on any atom is 0.143 e. The molecule has 0 radical (unpaired) electrons. The summed E-state index contributed by atoms with van der Waals surface area (Å²) in [4.78, 5) is 11.8. The smallest absolute Gasteiger partial charge is 0.143 e. The fraction of sp³-hybridized carbons (Fsp3) is 0.200. The summed E-state index contributed by atoms with van der Waals surface area (Å²) in [7, 11) is 0. The molecule has 5 heteroatoms. The van der Waals surface area contributed by atoms with Crippen molar-refractivity contribution in [3.63, 3.8) is 0 Å². The van der Waals surface area contributed by atoms with Gasteiger partial charge in [-0.05, 0) is 19.1 Å². The molecule has 0 saturated carbocycles. The lowest BCUT2D eigenvalue weighted by Gasteiger charge is -2.12. The molecule has 0 spiro atoms. The predicted molar refractivity (Wildman–Crippen MR) is 76.9 cm³/mol. The van der Waals surface area contributed by atoms with Gasteiger partial charge in [-0.2, -0.15) is 0 Å². The third-order valence-electron chi connectivity index (χ3n) is 3.57. The standard InChI is InChI=1S/C15H14N4O/c1-9-6-11-14(18-9)16-8-17-15(11)19-12-7-20-13-5-3-2-4-10(12)13/h2-6,8,12H,7H2,1H3,(H2,16,17,18,19)/t12-/m1/s1. The van der Waals surface area contributed by atoms with E-state index in [-0.39, 0.29) is 6.04 Å². The number of para-hydroxylation sites is 1. The van der Waals surface area contributed by atoms with E-state index >= 15 is 0 Å². The van der Waals surface area contributed by atoms with E-state index in [1.807, 2.05) is 25.1 Å². The quantitative estimate of drug-likeness (QED) is 0.748. The highest BCUT2D eigenvalue weighted by Gasteiger charge is 2.24. The fourth-order valence-corrected chi connectivity index (χ4v) is 2.63. The van der Waals surface area contributed by atoms with Crippen LogP contribution in [0.25, 0.3) is 11.0 Å². The third kappa shape index (κ3) is 1.71. The van der Waals surface area contributed by atoms with E-state index in [4.69, 9.17) is 4.74 Å². The molecule has 3 aromatic rings. The van der Waals surface area contributed by atoms with E-state index in [1.165, 1.54) is 5.56 Å². The number of hydrogen-bond donors (Lipinski definition) is 2. The fourth-order valence-electron chi connectivity index (χ4n) is 2.63. The first kappa shape index (κ1) is 11.3. The molecule has 1 aromatic carbocycles. The lowest BCUT2D eigenvalue weighted by Crippen LogP contribution is -2.13. The zero-order valence-electron chi connectivity index (χ0n) is 11.1. The van der Waals surface area contributed by atoms with Crippen LogP contribution in [0.2, 0.25) is 0 Å².